The number of fused-ring (bicyclic) bond motifs is 2. The molecule has 0 aliphatic rings. The van der Waals surface area contributed by atoms with E-state index in [1.54, 1.807) is 54.2 Å². The van der Waals surface area contributed by atoms with E-state index < -0.39 is 11.1 Å². The van der Waals surface area contributed by atoms with Gasteiger partial charge in [-0.05, 0) is 124 Å². The highest BCUT2D eigenvalue weighted by Crippen LogP contribution is 2.41. The topological polar surface area (TPSA) is 118 Å². The van der Waals surface area contributed by atoms with Crippen molar-refractivity contribution >= 4 is 68.2 Å². The fourth-order valence-electron chi connectivity index (χ4n) is 9.54. The summed E-state index contributed by atoms with van der Waals surface area (Å²) < 4.78 is 7.25. The molecule has 0 spiro atoms. The number of nitrogens with one attached hydrogen (secondary N) is 1. The van der Waals surface area contributed by atoms with Crippen LogP contribution in [0.4, 0.5) is 0 Å². The molecule has 0 saturated heterocycles. The molecule has 14 heteroatoms. The van der Waals surface area contributed by atoms with E-state index in [-0.39, 0.29) is 11.1 Å². The summed E-state index contributed by atoms with van der Waals surface area (Å²) in [5.74, 6) is 0. The van der Waals surface area contributed by atoms with Crippen molar-refractivity contribution in [2.24, 2.45) is 33.9 Å². The van der Waals surface area contributed by atoms with E-state index in [9.17, 15) is 9.59 Å². The second kappa shape index (κ2) is 19.6. The largest absolute Gasteiger partial charge is 0.336 e. The molecule has 4 heterocycles. The maximum absolute atomic E-state index is 12.9. The first-order valence-corrected chi connectivity index (χ1v) is 23.9. The van der Waals surface area contributed by atoms with Crippen LogP contribution >= 0.6 is 46.4 Å². The van der Waals surface area contributed by atoms with Crippen molar-refractivity contribution in [3.63, 3.8) is 0 Å². The number of benzene rings is 6. The minimum Gasteiger partial charge on any atom is -0.336 e. The van der Waals surface area contributed by atoms with Crippen LogP contribution in [0.25, 0.3) is 44.1 Å². The summed E-state index contributed by atoms with van der Waals surface area (Å²) >= 11 is 25.0. The molecule has 352 valence electrons. The Balaban J connectivity index is 0.000000174. The molecule has 3 N–H and O–H groups in total. The average molecular weight is 1010 g/mol. The molecular weight excluding hydrogens is 958 g/mol. The molecule has 0 aliphatic heterocycles. The van der Waals surface area contributed by atoms with Crippen LogP contribution in [-0.2, 0) is 39.3 Å². The maximum atomic E-state index is 12.9. The highest BCUT2D eigenvalue weighted by atomic mass is 35.5. The summed E-state index contributed by atoms with van der Waals surface area (Å²) in [5.41, 5.74) is 16.0. The number of pyridine rings is 2. The molecule has 0 aliphatic carbocycles. The normalized spacial score (nSPS) is 13.2. The quantitative estimate of drug-likeness (QED) is 0.141. The summed E-state index contributed by atoms with van der Waals surface area (Å²) in [6.45, 7) is 2.80. The van der Waals surface area contributed by atoms with E-state index in [1.165, 1.54) is 0 Å². The van der Waals surface area contributed by atoms with Crippen LogP contribution in [0.2, 0.25) is 20.1 Å². The molecule has 6 aromatic carbocycles. The SMILES string of the molecule is CCN[C@](c1ccc(Cl)cc1)(c1ccc2c(c1)c(-c1cccc(Cl)c1)cc(=O)n2C)c1cncn1C.Cn1cncc1[C@@](N)(c1ccc(Cl)cc1)c1ccc2c(c1)c(-c1cccc(Cl)c1)cc(=O)n2C. The van der Waals surface area contributed by atoms with Crippen molar-refractivity contribution in [1.82, 2.24) is 33.6 Å². The van der Waals surface area contributed by atoms with E-state index in [0.29, 0.717) is 26.6 Å². The number of rotatable bonds is 10. The third-order valence-corrected chi connectivity index (χ3v) is 14.1. The van der Waals surface area contributed by atoms with Gasteiger partial charge in [0.25, 0.3) is 11.1 Å². The van der Waals surface area contributed by atoms with Gasteiger partial charge in [0.15, 0.2) is 0 Å². The summed E-state index contributed by atoms with van der Waals surface area (Å²) in [6, 6.07) is 46.0. The third-order valence-electron chi connectivity index (χ3n) is 13.1. The first kappa shape index (κ1) is 48.3. The first-order valence-electron chi connectivity index (χ1n) is 22.4. The van der Waals surface area contributed by atoms with Gasteiger partial charge in [-0.3, -0.25) is 14.9 Å². The molecule has 10 rings (SSSR count). The number of nitrogens with two attached hydrogens (primary N) is 1. The molecule has 0 radical (unpaired) electrons. The molecule has 2 atom stereocenters. The van der Waals surface area contributed by atoms with E-state index in [2.05, 4.69) is 34.3 Å². The van der Waals surface area contributed by atoms with Crippen LogP contribution in [0.5, 0.6) is 0 Å². The first-order chi connectivity index (χ1) is 33.6. The predicted molar refractivity (Wildman–Crippen MR) is 286 cm³/mol. The highest BCUT2D eigenvalue weighted by molar-refractivity contribution is 6.31. The van der Waals surface area contributed by atoms with Gasteiger partial charge in [-0.25, -0.2) is 9.97 Å². The van der Waals surface area contributed by atoms with Crippen molar-refractivity contribution in [2.75, 3.05) is 6.54 Å². The lowest BCUT2D eigenvalue weighted by Crippen LogP contribution is -2.45. The number of hydrogen-bond acceptors (Lipinski definition) is 6. The Kier molecular flexibility index (Phi) is 13.5. The van der Waals surface area contributed by atoms with Crippen LogP contribution in [0.3, 0.4) is 0 Å². The molecule has 0 amide bonds. The van der Waals surface area contributed by atoms with Crippen molar-refractivity contribution in [2.45, 2.75) is 18.0 Å². The zero-order chi connectivity index (χ0) is 49.5. The Bertz CT molecular complexity index is 3690. The van der Waals surface area contributed by atoms with Gasteiger partial charge in [-0.1, -0.05) is 114 Å². The molecule has 4 aromatic heterocycles. The average Bonchev–Trinajstić information content (AvgIpc) is 4.01. The Morgan fingerprint density at radius 2 is 0.957 bits per heavy atom. The van der Waals surface area contributed by atoms with Gasteiger partial charge in [0.2, 0.25) is 0 Å². The number of halogens is 4. The van der Waals surface area contributed by atoms with Crippen LogP contribution in [0, 0.1) is 0 Å². The number of hydrogen-bond donors (Lipinski definition) is 2. The zero-order valence-corrected chi connectivity index (χ0v) is 42.0. The van der Waals surface area contributed by atoms with Crippen LogP contribution < -0.4 is 22.2 Å². The van der Waals surface area contributed by atoms with E-state index in [4.69, 9.17) is 52.1 Å². The van der Waals surface area contributed by atoms with Gasteiger partial charge < -0.3 is 24.0 Å². The molecule has 0 bridgehead atoms. The second-order valence-electron chi connectivity index (χ2n) is 17.3. The summed E-state index contributed by atoms with van der Waals surface area (Å²) in [4.78, 5) is 34.4. The fourth-order valence-corrected chi connectivity index (χ4v) is 10.2. The Labute approximate surface area is 425 Å². The molecule has 70 heavy (non-hydrogen) atoms. The van der Waals surface area contributed by atoms with Crippen LogP contribution in [0.1, 0.15) is 40.6 Å². The molecule has 0 fully saturated rings. The van der Waals surface area contributed by atoms with E-state index in [0.717, 1.165) is 77.7 Å². The van der Waals surface area contributed by atoms with Gasteiger partial charge in [0.05, 0.1) is 47.5 Å². The lowest BCUT2D eigenvalue weighted by molar-refractivity contribution is 0.462. The number of imidazole rings is 2. The molecular formula is C56H48Cl4N8O2. The standard InChI is InChI=1S/C29H26Cl2N4O.C27H22Cl2N4O/c1-4-33-29(27-17-32-18-34(27)2,20-8-11-22(30)12-9-20)21-10-13-26-25(15-21)24(16-28(36)35(26)3)19-6-5-7-23(31)14-19;1-32-16-31-15-25(32)27(30,18-6-9-20(28)10-7-18)19-8-11-24-23(13-19)22(14-26(34)33(24)2)17-4-3-5-21(29)12-17/h5-18,33H,4H2,1-3H3;3-16H,30H2,1-2H3/t29-;27-/m11/s1. The Morgan fingerprint density at radius 1 is 0.514 bits per heavy atom. The summed E-state index contributed by atoms with van der Waals surface area (Å²) in [6.07, 6.45) is 7.20. The molecule has 0 saturated carbocycles. The fraction of sp³-hybridized carbons (Fsp3) is 0.143. The van der Waals surface area contributed by atoms with Crippen molar-refractivity contribution in [1.29, 1.82) is 0 Å². The minimum atomic E-state index is -1.01. The number of aromatic nitrogens is 6. The monoisotopic (exact) mass is 1000 g/mol. The van der Waals surface area contributed by atoms with Crippen LogP contribution in [0.15, 0.2) is 180 Å². The van der Waals surface area contributed by atoms with Gasteiger partial charge in [0, 0.05) is 71.2 Å². The number of nitrogens with zero attached hydrogens (tertiary/aromatic N) is 6. The van der Waals surface area contributed by atoms with Gasteiger partial charge in [-0.2, -0.15) is 0 Å². The van der Waals surface area contributed by atoms with Crippen molar-refractivity contribution < 1.29 is 0 Å². The third kappa shape index (κ3) is 8.76. The maximum Gasteiger partial charge on any atom is 0.251 e. The highest BCUT2D eigenvalue weighted by Gasteiger charge is 2.39. The zero-order valence-electron chi connectivity index (χ0n) is 39.0. The van der Waals surface area contributed by atoms with Crippen LogP contribution in [-0.4, -0.2) is 34.8 Å². The minimum absolute atomic E-state index is 0.0764. The van der Waals surface area contributed by atoms with E-state index >= 15 is 0 Å². The summed E-state index contributed by atoms with van der Waals surface area (Å²) in [5, 5.41) is 8.14. The molecule has 10 nitrogen and oxygen atoms in total. The Hall–Kier alpha value is -6.76. The molecule has 10 aromatic rings. The van der Waals surface area contributed by atoms with Gasteiger partial charge >= 0.3 is 0 Å². The van der Waals surface area contributed by atoms with Crippen molar-refractivity contribution in [3.8, 4) is 22.3 Å². The van der Waals surface area contributed by atoms with Gasteiger partial charge in [-0.15, -0.1) is 0 Å². The van der Waals surface area contributed by atoms with Crippen molar-refractivity contribution in [3.05, 3.63) is 245 Å². The lowest BCUT2D eigenvalue weighted by atomic mass is 9.79. The van der Waals surface area contributed by atoms with E-state index in [1.807, 2.05) is 151 Å². The smallest absolute Gasteiger partial charge is 0.251 e. The number of aryl methyl sites for hydroxylation is 4. The summed E-state index contributed by atoms with van der Waals surface area (Å²) in [7, 11) is 7.47. The molecule has 0 unspecified atom stereocenters. The van der Waals surface area contributed by atoms with Gasteiger partial charge in [0.1, 0.15) is 11.1 Å². The predicted octanol–water partition coefficient (Wildman–Crippen LogP) is 11.6. The lowest BCUT2D eigenvalue weighted by Gasteiger charge is -2.36. The Morgan fingerprint density at radius 3 is 1.41 bits per heavy atom. The second-order valence-corrected chi connectivity index (χ2v) is 19.0.